The molecule has 1 saturated heterocycles. The minimum absolute atomic E-state index is 0.204. The SMILES string of the molecule is CC(O)(CNC(=O)NCC1COCCO1)C(=O)O. The molecule has 1 fully saturated rings. The zero-order valence-corrected chi connectivity index (χ0v) is 10.1. The minimum Gasteiger partial charge on any atom is -0.479 e. The van der Waals surface area contributed by atoms with E-state index in [1.807, 2.05) is 0 Å². The van der Waals surface area contributed by atoms with Gasteiger partial charge in [0, 0.05) is 6.54 Å². The third-order valence-electron chi connectivity index (χ3n) is 2.43. The van der Waals surface area contributed by atoms with Crippen molar-refractivity contribution in [2.75, 3.05) is 32.9 Å². The maximum absolute atomic E-state index is 11.3. The van der Waals surface area contributed by atoms with E-state index in [-0.39, 0.29) is 19.2 Å². The van der Waals surface area contributed by atoms with Gasteiger partial charge in [0.2, 0.25) is 0 Å². The van der Waals surface area contributed by atoms with Crippen LogP contribution in [0.2, 0.25) is 0 Å². The summed E-state index contributed by atoms with van der Waals surface area (Å²) in [6.07, 6.45) is -0.204. The first-order chi connectivity index (χ1) is 8.42. The summed E-state index contributed by atoms with van der Waals surface area (Å²) in [5.74, 6) is -1.40. The topological polar surface area (TPSA) is 117 Å². The van der Waals surface area contributed by atoms with Gasteiger partial charge in [-0.05, 0) is 6.92 Å². The number of aliphatic carboxylic acids is 1. The summed E-state index contributed by atoms with van der Waals surface area (Å²) >= 11 is 0. The van der Waals surface area contributed by atoms with Crippen molar-refractivity contribution in [3.63, 3.8) is 0 Å². The number of rotatable bonds is 5. The number of amides is 2. The van der Waals surface area contributed by atoms with Gasteiger partial charge >= 0.3 is 12.0 Å². The van der Waals surface area contributed by atoms with Gasteiger partial charge < -0.3 is 30.3 Å². The van der Waals surface area contributed by atoms with Gasteiger partial charge in [0.25, 0.3) is 0 Å². The van der Waals surface area contributed by atoms with Crippen LogP contribution >= 0.6 is 0 Å². The summed E-state index contributed by atoms with van der Waals surface area (Å²) in [5, 5.41) is 22.8. The third kappa shape index (κ3) is 4.86. The normalized spacial score (nSPS) is 22.9. The van der Waals surface area contributed by atoms with E-state index in [0.717, 1.165) is 6.92 Å². The molecule has 0 aliphatic carbocycles. The molecule has 0 aromatic rings. The summed E-state index contributed by atoms with van der Waals surface area (Å²) in [7, 11) is 0. The number of ether oxygens (including phenoxy) is 2. The zero-order chi connectivity index (χ0) is 13.6. The van der Waals surface area contributed by atoms with Crippen molar-refractivity contribution in [3.05, 3.63) is 0 Å². The monoisotopic (exact) mass is 262 g/mol. The molecular weight excluding hydrogens is 244 g/mol. The van der Waals surface area contributed by atoms with E-state index >= 15 is 0 Å². The Hall–Kier alpha value is -1.38. The van der Waals surface area contributed by atoms with Crippen molar-refractivity contribution in [3.8, 4) is 0 Å². The van der Waals surface area contributed by atoms with E-state index in [0.29, 0.717) is 19.8 Å². The van der Waals surface area contributed by atoms with Crippen molar-refractivity contribution in [1.29, 1.82) is 0 Å². The number of carbonyl (C=O) groups excluding carboxylic acids is 1. The summed E-state index contributed by atoms with van der Waals surface area (Å²) in [5.41, 5.74) is -1.98. The molecular formula is C10H18N2O6. The highest BCUT2D eigenvalue weighted by Crippen LogP contribution is 2.01. The summed E-state index contributed by atoms with van der Waals surface area (Å²) in [6, 6.07) is -0.564. The van der Waals surface area contributed by atoms with Gasteiger partial charge in [-0.25, -0.2) is 9.59 Å². The summed E-state index contributed by atoms with van der Waals surface area (Å²) in [6.45, 7) is 2.43. The Kier molecular flexibility index (Phi) is 5.32. The largest absolute Gasteiger partial charge is 0.479 e. The fraction of sp³-hybridized carbons (Fsp3) is 0.800. The molecule has 18 heavy (non-hydrogen) atoms. The van der Waals surface area contributed by atoms with E-state index in [4.69, 9.17) is 14.6 Å². The van der Waals surface area contributed by atoms with Crippen LogP contribution in [-0.4, -0.2) is 66.8 Å². The average molecular weight is 262 g/mol. The maximum Gasteiger partial charge on any atom is 0.337 e. The number of carboxylic acids is 1. The van der Waals surface area contributed by atoms with Crippen LogP contribution in [0.25, 0.3) is 0 Å². The van der Waals surface area contributed by atoms with Crippen LogP contribution in [0, 0.1) is 0 Å². The fourth-order valence-corrected chi connectivity index (χ4v) is 1.25. The van der Waals surface area contributed by atoms with Gasteiger partial charge in [0.15, 0.2) is 5.60 Å². The van der Waals surface area contributed by atoms with Gasteiger partial charge in [-0.2, -0.15) is 0 Å². The first-order valence-corrected chi connectivity index (χ1v) is 5.58. The van der Waals surface area contributed by atoms with Gasteiger partial charge in [0.05, 0.1) is 32.5 Å². The van der Waals surface area contributed by atoms with Gasteiger partial charge in [-0.1, -0.05) is 0 Å². The maximum atomic E-state index is 11.3. The van der Waals surface area contributed by atoms with Crippen molar-refractivity contribution in [2.24, 2.45) is 0 Å². The van der Waals surface area contributed by atoms with Gasteiger partial charge in [-0.15, -0.1) is 0 Å². The molecule has 0 saturated carbocycles. The zero-order valence-electron chi connectivity index (χ0n) is 10.1. The van der Waals surface area contributed by atoms with Gasteiger partial charge in [-0.3, -0.25) is 0 Å². The molecule has 0 spiro atoms. The highest BCUT2D eigenvalue weighted by Gasteiger charge is 2.30. The van der Waals surface area contributed by atoms with Crippen molar-refractivity contribution >= 4 is 12.0 Å². The van der Waals surface area contributed by atoms with Crippen LogP contribution < -0.4 is 10.6 Å². The number of hydrogen-bond acceptors (Lipinski definition) is 5. The van der Waals surface area contributed by atoms with E-state index < -0.39 is 17.6 Å². The van der Waals surface area contributed by atoms with Crippen molar-refractivity contribution < 1.29 is 29.3 Å². The smallest absolute Gasteiger partial charge is 0.337 e. The standard InChI is InChI=1S/C10H18N2O6/c1-10(16,8(13)14)6-12-9(15)11-4-7-5-17-2-3-18-7/h7,16H,2-6H2,1H3,(H,13,14)(H2,11,12,15). The Labute approximate surface area is 104 Å². The second-order valence-corrected chi connectivity index (χ2v) is 4.21. The molecule has 1 aliphatic heterocycles. The molecule has 1 rings (SSSR count). The Morgan fingerprint density at radius 2 is 2.11 bits per heavy atom. The molecule has 2 unspecified atom stereocenters. The van der Waals surface area contributed by atoms with Crippen LogP contribution in [0.4, 0.5) is 4.79 Å². The van der Waals surface area contributed by atoms with Crippen molar-refractivity contribution in [2.45, 2.75) is 18.6 Å². The highest BCUT2D eigenvalue weighted by atomic mass is 16.6. The molecule has 1 heterocycles. The Bertz CT molecular complexity index is 301. The molecule has 1 aliphatic rings. The van der Waals surface area contributed by atoms with E-state index in [1.54, 1.807) is 0 Å². The Morgan fingerprint density at radius 3 is 2.67 bits per heavy atom. The average Bonchev–Trinajstić information content (AvgIpc) is 2.35. The molecule has 0 bridgehead atoms. The molecule has 4 N–H and O–H groups in total. The quantitative estimate of drug-likeness (QED) is 0.481. The summed E-state index contributed by atoms with van der Waals surface area (Å²) in [4.78, 5) is 21.9. The molecule has 8 nitrogen and oxygen atoms in total. The number of carboxylic acid groups (broad SMARTS) is 1. The molecule has 104 valence electrons. The second-order valence-electron chi connectivity index (χ2n) is 4.21. The number of hydrogen-bond donors (Lipinski definition) is 4. The summed E-state index contributed by atoms with van der Waals surface area (Å²) < 4.78 is 10.4. The van der Waals surface area contributed by atoms with Gasteiger partial charge in [0.1, 0.15) is 0 Å². The lowest BCUT2D eigenvalue weighted by molar-refractivity contribution is -0.155. The number of nitrogens with one attached hydrogen (secondary N) is 2. The molecule has 0 aromatic carbocycles. The van der Waals surface area contributed by atoms with E-state index in [9.17, 15) is 14.7 Å². The van der Waals surface area contributed by atoms with Crippen LogP contribution in [0.1, 0.15) is 6.92 Å². The molecule has 0 aromatic heterocycles. The van der Waals surface area contributed by atoms with E-state index in [2.05, 4.69) is 10.6 Å². The predicted octanol–water partition coefficient (Wildman–Crippen LogP) is -1.46. The minimum atomic E-state index is -1.98. The Morgan fingerprint density at radius 1 is 1.39 bits per heavy atom. The fourth-order valence-electron chi connectivity index (χ4n) is 1.25. The lowest BCUT2D eigenvalue weighted by Gasteiger charge is -2.23. The van der Waals surface area contributed by atoms with Crippen LogP contribution in [0.5, 0.6) is 0 Å². The second kappa shape index (κ2) is 6.53. The third-order valence-corrected chi connectivity index (χ3v) is 2.43. The lowest BCUT2D eigenvalue weighted by atomic mass is 10.1. The highest BCUT2D eigenvalue weighted by molar-refractivity contribution is 5.79. The number of urea groups is 1. The number of aliphatic hydroxyl groups is 1. The predicted molar refractivity (Wildman–Crippen MR) is 60.2 cm³/mol. The van der Waals surface area contributed by atoms with Crippen LogP contribution in [-0.2, 0) is 14.3 Å². The molecule has 2 amide bonds. The first-order valence-electron chi connectivity index (χ1n) is 5.58. The molecule has 2 atom stereocenters. The Balaban J connectivity index is 2.19. The molecule has 8 heteroatoms. The van der Waals surface area contributed by atoms with E-state index in [1.165, 1.54) is 0 Å². The molecule has 0 radical (unpaired) electrons. The van der Waals surface area contributed by atoms with Crippen LogP contribution in [0.15, 0.2) is 0 Å². The lowest BCUT2D eigenvalue weighted by Crippen LogP contribution is -2.50. The van der Waals surface area contributed by atoms with Crippen molar-refractivity contribution in [1.82, 2.24) is 10.6 Å². The first kappa shape index (κ1) is 14.7. The number of carbonyl (C=O) groups is 2. The van der Waals surface area contributed by atoms with Crippen LogP contribution in [0.3, 0.4) is 0 Å².